The summed E-state index contributed by atoms with van der Waals surface area (Å²) in [6.07, 6.45) is -2.92. The van der Waals surface area contributed by atoms with E-state index >= 15 is 0 Å². The van der Waals surface area contributed by atoms with Crippen LogP contribution in [0.5, 0.6) is 5.75 Å². The second-order valence-electron chi connectivity index (χ2n) is 10.5. The van der Waals surface area contributed by atoms with Crippen molar-refractivity contribution in [3.8, 4) is 17.0 Å². The lowest BCUT2D eigenvalue weighted by Gasteiger charge is -2.44. The van der Waals surface area contributed by atoms with Gasteiger partial charge < -0.3 is 30.9 Å². The van der Waals surface area contributed by atoms with Gasteiger partial charge in [0, 0.05) is 62.6 Å². The number of hydrogen-bond donors (Lipinski definition) is 3. The lowest BCUT2D eigenvalue weighted by atomic mass is 10.0. The molecule has 2 aromatic carbocycles. The van der Waals surface area contributed by atoms with Gasteiger partial charge in [-0.3, -0.25) is 4.79 Å². The number of anilines is 3. The molecule has 0 aliphatic carbocycles. The zero-order valence-corrected chi connectivity index (χ0v) is 21.7. The van der Waals surface area contributed by atoms with Gasteiger partial charge in [0.25, 0.3) is 5.91 Å². The van der Waals surface area contributed by atoms with Crippen molar-refractivity contribution >= 4 is 23.1 Å². The summed E-state index contributed by atoms with van der Waals surface area (Å²) >= 11 is 0. The molecule has 3 aliphatic heterocycles. The molecule has 3 saturated heterocycles. The highest BCUT2D eigenvalue weighted by atomic mass is 19.4. The Kier molecular flexibility index (Phi) is 6.65. The van der Waals surface area contributed by atoms with Gasteiger partial charge in [-0.1, -0.05) is 12.1 Å². The maximum atomic E-state index is 13.9. The van der Waals surface area contributed by atoms with Gasteiger partial charge in [-0.05, 0) is 49.2 Å². The minimum atomic E-state index is -4.63. The van der Waals surface area contributed by atoms with Crippen LogP contribution in [-0.2, 0) is 6.18 Å². The maximum absolute atomic E-state index is 13.9. The molecule has 1 amide bonds. The summed E-state index contributed by atoms with van der Waals surface area (Å²) in [5, 5.41) is 21.7. The number of carbonyl (C=O) groups is 1. The first-order valence-electron chi connectivity index (χ1n) is 13.4. The molecule has 2 bridgehead atoms. The topological polar surface area (TPSA) is 111 Å². The Hall–Kier alpha value is -4.06. The number of nitrogen functional groups attached to an aromatic ring is 1. The number of nitrogens with two attached hydrogens (primary N) is 1. The van der Waals surface area contributed by atoms with E-state index < -0.39 is 17.6 Å². The minimum absolute atomic E-state index is 0.0127. The van der Waals surface area contributed by atoms with Gasteiger partial charge in [0.15, 0.2) is 5.82 Å². The van der Waals surface area contributed by atoms with Crippen LogP contribution < -0.4 is 20.9 Å². The monoisotopic (exact) mass is 553 g/mol. The van der Waals surface area contributed by atoms with Gasteiger partial charge >= 0.3 is 6.18 Å². The molecular weight excluding hydrogens is 523 g/mol. The third-order valence-electron chi connectivity index (χ3n) is 8.05. The van der Waals surface area contributed by atoms with Crippen LogP contribution in [-0.4, -0.2) is 77.5 Å². The molecule has 0 spiro atoms. The second kappa shape index (κ2) is 10.2. The smallest absolute Gasteiger partial charge is 0.417 e. The molecule has 4 heterocycles. The molecule has 3 aromatic rings. The fourth-order valence-electron chi connectivity index (χ4n) is 6.14. The Morgan fingerprint density at radius 2 is 1.70 bits per heavy atom. The quantitative estimate of drug-likeness (QED) is 0.451. The largest absolute Gasteiger partial charge is 0.507 e. The van der Waals surface area contributed by atoms with E-state index in [9.17, 15) is 23.1 Å². The number of nitrogens with zero attached hydrogens (tertiary/aromatic N) is 5. The summed E-state index contributed by atoms with van der Waals surface area (Å²) in [6.45, 7) is 3.00. The SMILES string of the molecule is Nc1nnc(-c2ccccc2O)cc1N1CC2CCC(C1)N2c1ccc(C(F)(F)F)c(C(=O)N2CCNCC2)c1. The van der Waals surface area contributed by atoms with E-state index in [1.54, 1.807) is 24.3 Å². The Morgan fingerprint density at radius 3 is 2.38 bits per heavy atom. The third-order valence-corrected chi connectivity index (χ3v) is 8.05. The van der Waals surface area contributed by atoms with Crippen LogP contribution in [0.3, 0.4) is 0 Å². The number of phenolic OH excluding ortho intramolecular Hbond substituents is 1. The highest BCUT2D eigenvalue weighted by Gasteiger charge is 2.42. The molecule has 3 fully saturated rings. The molecule has 2 atom stereocenters. The van der Waals surface area contributed by atoms with Gasteiger partial charge in [0.05, 0.1) is 22.5 Å². The van der Waals surface area contributed by atoms with Crippen molar-refractivity contribution in [2.45, 2.75) is 31.1 Å². The van der Waals surface area contributed by atoms with E-state index in [1.807, 2.05) is 6.07 Å². The summed E-state index contributed by atoms with van der Waals surface area (Å²) in [4.78, 5) is 19.0. The molecule has 2 unspecified atom stereocenters. The van der Waals surface area contributed by atoms with Crippen LogP contribution in [0.1, 0.15) is 28.8 Å². The van der Waals surface area contributed by atoms with E-state index in [0.29, 0.717) is 61.9 Å². The molecule has 4 N–H and O–H groups in total. The lowest BCUT2D eigenvalue weighted by molar-refractivity contribution is -0.138. The number of carbonyl (C=O) groups excluding carboxylic acids is 1. The standard InChI is InChI=1S/C28H30F3N7O2/c29-28(30,31)22-8-7-17(13-21(22)27(40)36-11-9-33-10-12-36)38-18-5-6-19(38)16-37(15-18)24-14-23(34-35-26(24)32)20-3-1-2-4-25(20)39/h1-4,7-8,13-14,18-19,33,39H,5-6,9-12,15-16H2,(H2,32,35). The van der Waals surface area contributed by atoms with Crippen LogP contribution in [0, 0.1) is 0 Å². The average molecular weight is 554 g/mol. The highest BCUT2D eigenvalue weighted by Crippen LogP contribution is 2.41. The number of amides is 1. The molecule has 3 aliphatic rings. The number of benzene rings is 2. The van der Waals surface area contributed by atoms with Crippen molar-refractivity contribution in [2.75, 3.05) is 54.8 Å². The number of rotatable bonds is 4. The number of aromatic hydroxyl groups is 1. The summed E-state index contributed by atoms with van der Waals surface area (Å²) in [6, 6.07) is 12.7. The van der Waals surface area contributed by atoms with Crippen LogP contribution in [0.25, 0.3) is 11.3 Å². The Morgan fingerprint density at radius 1 is 1.00 bits per heavy atom. The number of halogens is 3. The number of hydrogen-bond acceptors (Lipinski definition) is 8. The molecule has 1 aromatic heterocycles. The summed E-state index contributed by atoms with van der Waals surface area (Å²) in [5.74, 6) is -0.231. The van der Waals surface area contributed by atoms with E-state index in [-0.39, 0.29) is 29.2 Å². The fraction of sp³-hybridized carbons (Fsp3) is 0.393. The maximum Gasteiger partial charge on any atom is 0.417 e. The number of phenols is 1. The number of aromatic nitrogens is 2. The van der Waals surface area contributed by atoms with E-state index in [4.69, 9.17) is 5.73 Å². The summed E-state index contributed by atoms with van der Waals surface area (Å²) in [5.41, 5.74) is 7.39. The van der Waals surface area contributed by atoms with E-state index in [0.717, 1.165) is 18.9 Å². The molecular formula is C28H30F3N7O2. The Labute approximate surface area is 229 Å². The summed E-state index contributed by atoms with van der Waals surface area (Å²) < 4.78 is 41.8. The number of para-hydroxylation sites is 1. The van der Waals surface area contributed by atoms with Gasteiger partial charge in [0.2, 0.25) is 0 Å². The molecule has 9 nitrogen and oxygen atoms in total. The molecule has 210 valence electrons. The number of nitrogens with one attached hydrogen (secondary N) is 1. The molecule has 0 radical (unpaired) electrons. The predicted molar refractivity (Wildman–Crippen MR) is 145 cm³/mol. The van der Waals surface area contributed by atoms with Crippen molar-refractivity contribution in [2.24, 2.45) is 0 Å². The molecule has 0 saturated carbocycles. The van der Waals surface area contributed by atoms with Crippen molar-refractivity contribution in [3.63, 3.8) is 0 Å². The van der Waals surface area contributed by atoms with Crippen LogP contribution >= 0.6 is 0 Å². The summed E-state index contributed by atoms with van der Waals surface area (Å²) in [7, 11) is 0. The highest BCUT2D eigenvalue weighted by molar-refractivity contribution is 5.97. The van der Waals surface area contributed by atoms with Crippen molar-refractivity contribution in [3.05, 3.63) is 59.7 Å². The predicted octanol–water partition coefficient (Wildman–Crippen LogP) is 3.35. The molecule has 40 heavy (non-hydrogen) atoms. The second-order valence-corrected chi connectivity index (χ2v) is 10.5. The van der Waals surface area contributed by atoms with Gasteiger partial charge in [-0.25, -0.2) is 0 Å². The average Bonchev–Trinajstić information content (AvgIpc) is 3.22. The Balaban J connectivity index is 1.29. The van der Waals surface area contributed by atoms with Crippen LogP contribution in [0.4, 0.5) is 30.4 Å². The Bertz CT molecular complexity index is 1410. The van der Waals surface area contributed by atoms with Crippen molar-refractivity contribution in [1.29, 1.82) is 0 Å². The molecule has 12 heteroatoms. The van der Waals surface area contributed by atoms with Crippen LogP contribution in [0.15, 0.2) is 48.5 Å². The first-order chi connectivity index (χ1) is 19.2. The number of piperazine rings is 2. The van der Waals surface area contributed by atoms with Crippen LogP contribution in [0.2, 0.25) is 0 Å². The number of alkyl halides is 3. The van der Waals surface area contributed by atoms with Gasteiger partial charge in [-0.2, -0.15) is 13.2 Å². The van der Waals surface area contributed by atoms with E-state index in [1.165, 1.54) is 17.0 Å². The van der Waals surface area contributed by atoms with E-state index in [2.05, 4.69) is 25.3 Å². The minimum Gasteiger partial charge on any atom is -0.507 e. The van der Waals surface area contributed by atoms with Gasteiger partial charge in [0.1, 0.15) is 5.75 Å². The molecule has 6 rings (SSSR count). The fourth-order valence-corrected chi connectivity index (χ4v) is 6.14. The lowest BCUT2D eigenvalue weighted by Crippen LogP contribution is -2.54. The van der Waals surface area contributed by atoms with Gasteiger partial charge in [-0.15, -0.1) is 10.2 Å². The van der Waals surface area contributed by atoms with Crippen molar-refractivity contribution in [1.82, 2.24) is 20.4 Å². The first-order valence-corrected chi connectivity index (χ1v) is 13.4. The third kappa shape index (κ3) is 4.76. The normalized spacial score (nSPS) is 21.1. The zero-order chi connectivity index (χ0) is 28.0. The zero-order valence-electron chi connectivity index (χ0n) is 21.7. The first kappa shape index (κ1) is 26.2. The van der Waals surface area contributed by atoms with Crippen molar-refractivity contribution < 1.29 is 23.1 Å². The number of fused-ring (bicyclic) bond motifs is 2.